The van der Waals surface area contributed by atoms with Crippen LogP contribution in [0.15, 0.2) is 16.5 Å². The third kappa shape index (κ3) is 3.93. The number of carbonyl (C=O) groups excluding carboxylic acids is 1. The predicted octanol–water partition coefficient (Wildman–Crippen LogP) is 2.97. The van der Waals surface area contributed by atoms with Gasteiger partial charge in [-0.2, -0.15) is 0 Å². The number of piperidine rings is 1. The van der Waals surface area contributed by atoms with Crippen molar-refractivity contribution in [2.45, 2.75) is 57.6 Å². The van der Waals surface area contributed by atoms with Crippen molar-refractivity contribution in [3.05, 3.63) is 23.7 Å². The molecule has 1 unspecified atom stereocenters. The number of hydrogen-bond acceptors (Lipinski definition) is 4. The van der Waals surface area contributed by atoms with Crippen molar-refractivity contribution in [3.8, 4) is 0 Å². The summed E-state index contributed by atoms with van der Waals surface area (Å²) in [5.74, 6) is 2.78. The summed E-state index contributed by atoms with van der Waals surface area (Å²) in [6.07, 6.45) is 6.21. The van der Waals surface area contributed by atoms with E-state index in [0.717, 1.165) is 70.1 Å². The van der Waals surface area contributed by atoms with Gasteiger partial charge in [-0.15, -0.1) is 0 Å². The monoisotopic (exact) mass is 346 g/mol. The minimum Gasteiger partial charge on any atom is -0.465 e. The molecule has 1 aromatic heterocycles. The lowest BCUT2D eigenvalue weighted by atomic mass is 9.84. The van der Waals surface area contributed by atoms with Crippen LogP contribution in [0.25, 0.3) is 0 Å². The molecular weight excluding hydrogens is 316 g/mol. The topological polar surface area (TPSA) is 45.9 Å². The molecule has 3 fully saturated rings. The van der Waals surface area contributed by atoms with Gasteiger partial charge in [0.15, 0.2) is 0 Å². The van der Waals surface area contributed by atoms with Crippen LogP contribution in [-0.2, 0) is 16.1 Å². The van der Waals surface area contributed by atoms with Gasteiger partial charge in [-0.3, -0.25) is 9.69 Å². The molecule has 3 aliphatic heterocycles. The molecule has 0 aromatic carbocycles. The van der Waals surface area contributed by atoms with Gasteiger partial charge in [-0.25, -0.2) is 0 Å². The second-order valence-electron chi connectivity index (χ2n) is 8.14. The minimum absolute atomic E-state index is 0.0194. The van der Waals surface area contributed by atoms with Crippen molar-refractivity contribution in [2.75, 3.05) is 32.8 Å². The maximum absolute atomic E-state index is 12.4. The first-order valence-corrected chi connectivity index (χ1v) is 9.81. The van der Waals surface area contributed by atoms with E-state index in [2.05, 4.69) is 11.0 Å². The van der Waals surface area contributed by atoms with Gasteiger partial charge in [0, 0.05) is 32.6 Å². The number of ether oxygens (including phenoxy) is 1. The molecule has 1 atom stereocenters. The molecule has 5 heteroatoms. The van der Waals surface area contributed by atoms with Crippen molar-refractivity contribution in [3.63, 3.8) is 0 Å². The van der Waals surface area contributed by atoms with Gasteiger partial charge in [0.2, 0.25) is 5.91 Å². The molecule has 0 radical (unpaired) electrons. The summed E-state index contributed by atoms with van der Waals surface area (Å²) in [5, 5.41) is 0. The summed E-state index contributed by atoms with van der Waals surface area (Å²) in [6.45, 7) is 7.65. The summed E-state index contributed by atoms with van der Waals surface area (Å²) < 4.78 is 11.9. The number of hydrogen-bond donors (Lipinski definition) is 0. The van der Waals surface area contributed by atoms with Crippen molar-refractivity contribution < 1.29 is 13.9 Å². The third-order valence-corrected chi connectivity index (χ3v) is 6.15. The first-order valence-electron chi connectivity index (χ1n) is 9.81. The Kier molecular flexibility index (Phi) is 4.87. The standard InChI is InChI=1S/C20H30N2O3/c1-16-4-5-18(25-16)14-21-10-6-20(7-11-21)13-17(15-24-20)12-19(23)22-8-2-3-9-22/h4-5,17H,2-3,6-15H2,1H3. The number of amides is 1. The lowest BCUT2D eigenvalue weighted by Crippen LogP contribution is -2.43. The van der Waals surface area contributed by atoms with Crippen molar-refractivity contribution in [1.82, 2.24) is 9.80 Å². The van der Waals surface area contributed by atoms with E-state index in [4.69, 9.17) is 9.15 Å². The van der Waals surface area contributed by atoms with Crippen LogP contribution in [0.1, 0.15) is 50.0 Å². The Bertz CT molecular complexity index is 598. The highest BCUT2D eigenvalue weighted by atomic mass is 16.5. The molecule has 4 heterocycles. The lowest BCUT2D eigenvalue weighted by molar-refractivity contribution is -0.131. The van der Waals surface area contributed by atoms with E-state index >= 15 is 0 Å². The zero-order valence-corrected chi connectivity index (χ0v) is 15.3. The quantitative estimate of drug-likeness (QED) is 0.841. The smallest absolute Gasteiger partial charge is 0.222 e. The Balaban J connectivity index is 1.25. The Labute approximate surface area is 150 Å². The fraction of sp³-hybridized carbons (Fsp3) is 0.750. The SMILES string of the molecule is Cc1ccc(CN2CCC3(CC2)CC(CC(=O)N2CCCC2)CO3)o1. The van der Waals surface area contributed by atoms with Gasteiger partial charge in [0.1, 0.15) is 11.5 Å². The number of rotatable bonds is 4. The first kappa shape index (κ1) is 17.1. The zero-order chi connectivity index (χ0) is 17.3. The minimum atomic E-state index is 0.0194. The van der Waals surface area contributed by atoms with E-state index in [-0.39, 0.29) is 5.60 Å². The summed E-state index contributed by atoms with van der Waals surface area (Å²) >= 11 is 0. The normalized spacial score (nSPS) is 26.6. The largest absolute Gasteiger partial charge is 0.465 e. The van der Waals surface area contributed by atoms with Gasteiger partial charge in [0.05, 0.1) is 18.8 Å². The van der Waals surface area contributed by atoms with Crippen LogP contribution in [0.2, 0.25) is 0 Å². The third-order valence-electron chi connectivity index (χ3n) is 6.15. The van der Waals surface area contributed by atoms with Crippen LogP contribution in [0.3, 0.4) is 0 Å². The second-order valence-corrected chi connectivity index (χ2v) is 8.14. The summed E-state index contributed by atoms with van der Waals surface area (Å²) in [4.78, 5) is 16.9. The molecule has 0 saturated carbocycles. The lowest BCUT2D eigenvalue weighted by Gasteiger charge is -2.38. The van der Waals surface area contributed by atoms with E-state index in [1.54, 1.807) is 0 Å². The Morgan fingerprint density at radius 1 is 1.20 bits per heavy atom. The zero-order valence-electron chi connectivity index (χ0n) is 15.3. The van der Waals surface area contributed by atoms with Gasteiger partial charge in [-0.1, -0.05) is 0 Å². The van der Waals surface area contributed by atoms with Gasteiger partial charge < -0.3 is 14.1 Å². The van der Waals surface area contributed by atoms with Crippen molar-refractivity contribution >= 4 is 5.91 Å². The Hall–Kier alpha value is -1.33. The molecule has 138 valence electrons. The molecule has 1 aromatic rings. The number of likely N-dealkylation sites (tertiary alicyclic amines) is 2. The van der Waals surface area contributed by atoms with E-state index < -0.39 is 0 Å². The highest BCUT2D eigenvalue weighted by Crippen LogP contribution is 2.40. The van der Waals surface area contributed by atoms with E-state index in [1.807, 2.05) is 17.9 Å². The average molecular weight is 346 g/mol. The fourth-order valence-corrected chi connectivity index (χ4v) is 4.67. The average Bonchev–Trinajstić information content (AvgIpc) is 3.33. The second kappa shape index (κ2) is 7.12. The molecule has 0 aliphatic carbocycles. The van der Waals surface area contributed by atoms with Crippen LogP contribution in [0.4, 0.5) is 0 Å². The number of carbonyl (C=O) groups is 1. The Morgan fingerprint density at radius 3 is 2.64 bits per heavy atom. The highest BCUT2D eigenvalue weighted by Gasteiger charge is 2.43. The number of aryl methyl sites for hydroxylation is 1. The molecule has 25 heavy (non-hydrogen) atoms. The molecule has 0 bridgehead atoms. The molecule has 3 aliphatic rings. The van der Waals surface area contributed by atoms with Gasteiger partial charge in [-0.05, 0) is 57.1 Å². The van der Waals surface area contributed by atoms with Crippen LogP contribution in [0, 0.1) is 12.8 Å². The molecular formula is C20H30N2O3. The number of furan rings is 1. The van der Waals surface area contributed by atoms with Crippen molar-refractivity contribution in [1.29, 1.82) is 0 Å². The molecule has 3 saturated heterocycles. The molecule has 5 nitrogen and oxygen atoms in total. The molecule has 0 N–H and O–H groups in total. The van der Waals surface area contributed by atoms with Crippen molar-refractivity contribution in [2.24, 2.45) is 5.92 Å². The van der Waals surface area contributed by atoms with Crippen LogP contribution in [-0.4, -0.2) is 54.1 Å². The van der Waals surface area contributed by atoms with Crippen LogP contribution >= 0.6 is 0 Å². The summed E-state index contributed by atoms with van der Waals surface area (Å²) in [6, 6.07) is 4.11. The van der Waals surface area contributed by atoms with E-state index in [1.165, 1.54) is 12.8 Å². The van der Waals surface area contributed by atoms with E-state index in [9.17, 15) is 4.79 Å². The molecule has 4 rings (SSSR count). The van der Waals surface area contributed by atoms with Gasteiger partial charge in [0.25, 0.3) is 0 Å². The maximum atomic E-state index is 12.4. The highest BCUT2D eigenvalue weighted by molar-refractivity contribution is 5.76. The maximum Gasteiger partial charge on any atom is 0.222 e. The predicted molar refractivity (Wildman–Crippen MR) is 95.2 cm³/mol. The Morgan fingerprint density at radius 2 is 1.96 bits per heavy atom. The van der Waals surface area contributed by atoms with E-state index in [0.29, 0.717) is 18.2 Å². The molecule has 1 amide bonds. The molecule has 1 spiro atoms. The van der Waals surface area contributed by atoms with Crippen LogP contribution in [0.5, 0.6) is 0 Å². The summed E-state index contributed by atoms with van der Waals surface area (Å²) in [5.41, 5.74) is 0.0194. The summed E-state index contributed by atoms with van der Waals surface area (Å²) in [7, 11) is 0. The fourth-order valence-electron chi connectivity index (χ4n) is 4.67. The first-order chi connectivity index (χ1) is 12.1. The van der Waals surface area contributed by atoms with Crippen LogP contribution < -0.4 is 0 Å². The number of nitrogens with zero attached hydrogens (tertiary/aromatic N) is 2. The van der Waals surface area contributed by atoms with Gasteiger partial charge >= 0.3 is 0 Å².